The molecule has 0 bridgehead atoms. The van der Waals surface area contributed by atoms with Crippen LogP contribution < -0.4 is 5.32 Å². The Bertz CT molecular complexity index is 475. The Kier molecular flexibility index (Phi) is 4.31. The Labute approximate surface area is 107 Å². The van der Waals surface area contributed by atoms with Gasteiger partial charge in [-0.3, -0.25) is 5.32 Å². The van der Waals surface area contributed by atoms with E-state index in [9.17, 15) is 13.5 Å². The number of hydrogen-bond donors (Lipinski definition) is 2. The molecule has 2 N–H and O–H groups in total. The van der Waals surface area contributed by atoms with Gasteiger partial charge in [-0.05, 0) is 25.0 Å². The molecule has 0 spiro atoms. The minimum absolute atomic E-state index is 0.0950. The molecular formula is C12H18N2O3S. The molecule has 1 fully saturated rings. The van der Waals surface area contributed by atoms with Crippen LogP contribution in [0, 0.1) is 0 Å². The number of sulfone groups is 1. The van der Waals surface area contributed by atoms with Crippen LogP contribution in [-0.2, 0) is 9.84 Å². The largest absolute Gasteiger partial charge is 0.392 e. The summed E-state index contributed by atoms with van der Waals surface area (Å²) in [5.41, 5.74) is 0. The van der Waals surface area contributed by atoms with E-state index in [1.807, 2.05) is 0 Å². The van der Waals surface area contributed by atoms with Crippen LogP contribution in [0.25, 0.3) is 0 Å². The topological polar surface area (TPSA) is 79.3 Å². The average Bonchev–Trinajstić information content (AvgIpc) is 2.35. The third kappa shape index (κ3) is 3.07. The number of aliphatic hydroxyl groups is 1. The summed E-state index contributed by atoms with van der Waals surface area (Å²) in [5, 5.41) is 12.0. The van der Waals surface area contributed by atoms with E-state index in [0.717, 1.165) is 19.3 Å². The monoisotopic (exact) mass is 270 g/mol. The van der Waals surface area contributed by atoms with Gasteiger partial charge in [-0.15, -0.1) is 0 Å². The Morgan fingerprint density at radius 1 is 1.28 bits per heavy atom. The van der Waals surface area contributed by atoms with Crippen molar-refractivity contribution in [1.82, 2.24) is 10.3 Å². The van der Waals surface area contributed by atoms with Crippen molar-refractivity contribution in [3.8, 4) is 0 Å². The summed E-state index contributed by atoms with van der Waals surface area (Å²) >= 11 is 0. The summed E-state index contributed by atoms with van der Waals surface area (Å²) in [6.45, 7) is 0.316. The second kappa shape index (κ2) is 5.77. The smallest absolute Gasteiger partial charge is 0.211 e. The quantitative estimate of drug-likeness (QED) is 0.827. The lowest BCUT2D eigenvalue weighted by molar-refractivity contribution is 0.150. The first-order valence-corrected chi connectivity index (χ1v) is 7.72. The van der Waals surface area contributed by atoms with Crippen LogP contribution in [0.4, 0.5) is 0 Å². The predicted molar refractivity (Wildman–Crippen MR) is 67.7 cm³/mol. The first kappa shape index (κ1) is 13.5. The maximum atomic E-state index is 12.4. The molecule has 1 aromatic rings. The van der Waals surface area contributed by atoms with Gasteiger partial charge in [0.2, 0.25) is 9.84 Å². The van der Waals surface area contributed by atoms with Gasteiger partial charge in [0.25, 0.3) is 0 Å². The number of pyridine rings is 1. The van der Waals surface area contributed by atoms with Crippen LogP contribution in [0.2, 0.25) is 0 Å². The molecule has 100 valence electrons. The van der Waals surface area contributed by atoms with Gasteiger partial charge in [0, 0.05) is 12.7 Å². The van der Waals surface area contributed by atoms with E-state index in [2.05, 4.69) is 10.3 Å². The minimum atomic E-state index is -3.46. The lowest BCUT2D eigenvalue weighted by atomic mass is 10.1. The minimum Gasteiger partial charge on any atom is -0.392 e. The molecule has 5 nitrogen and oxygen atoms in total. The number of nitrogens with zero attached hydrogens (tertiary/aromatic N) is 1. The highest BCUT2D eigenvalue weighted by molar-refractivity contribution is 7.91. The van der Waals surface area contributed by atoms with Crippen molar-refractivity contribution in [3.63, 3.8) is 0 Å². The van der Waals surface area contributed by atoms with Crippen LogP contribution in [0.1, 0.15) is 25.7 Å². The molecule has 1 aliphatic rings. The highest BCUT2D eigenvalue weighted by Crippen LogP contribution is 2.19. The zero-order chi connectivity index (χ0) is 13.0. The molecule has 0 aliphatic carbocycles. The summed E-state index contributed by atoms with van der Waals surface area (Å²) in [6, 6.07) is 4.86. The van der Waals surface area contributed by atoms with E-state index >= 15 is 0 Å². The van der Waals surface area contributed by atoms with Crippen molar-refractivity contribution >= 4 is 9.84 Å². The van der Waals surface area contributed by atoms with Gasteiger partial charge in [-0.1, -0.05) is 18.9 Å². The molecule has 18 heavy (non-hydrogen) atoms. The first-order chi connectivity index (χ1) is 8.60. The molecule has 6 heteroatoms. The third-order valence-corrected chi connectivity index (χ3v) is 5.11. The summed E-state index contributed by atoms with van der Waals surface area (Å²) in [7, 11) is -3.46. The molecule has 0 radical (unpaired) electrons. The normalized spacial score (nSPS) is 26.3. The number of nitrogens with one attached hydrogen (secondary N) is 1. The van der Waals surface area contributed by atoms with E-state index in [1.54, 1.807) is 12.1 Å². The van der Waals surface area contributed by atoms with E-state index < -0.39 is 21.3 Å². The SMILES string of the molecule is O=S(=O)(c1ccccn1)C1CCCCC(O)CN1. The fourth-order valence-electron chi connectivity index (χ4n) is 2.11. The lowest BCUT2D eigenvalue weighted by Crippen LogP contribution is -2.42. The standard InChI is InChI=1S/C12H18N2O3S/c15-10-5-1-2-6-12(14-9-10)18(16,17)11-7-3-4-8-13-11/h3-4,7-8,10,12,14-15H,1-2,5-6,9H2. The maximum Gasteiger partial charge on any atom is 0.211 e. The molecule has 0 amide bonds. The molecule has 2 unspecified atom stereocenters. The van der Waals surface area contributed by atoms with Crippen molar-refractivity contribution in [3.05, 3.63) is 24.4 Å². The number of aromatic nitrogens is 1. The van der Waals surface area contributed by atoms with Crippen molar-refractivity contribution in [2.24, 2.45) is 0 Å². The van der Waals surface area contributed by atoms with Crippen LogP contribution >= 0.6 is 0 Å². The Morgan fingerprint density at radius 2 is 2.06 bits per heavy atom. The molecule has 2 heterocycles. The van der Waals surface area contributed by atoms with E-state index in [1.165, 1.54) is 12.3 Å². The molecular weight excluding hydrogens is 252 g/mol. The second-order valence-corrected chi connectivity index (χ2v) is 6.63. The van der Waals surface area contributed by atoms with Gasteiger partial charge in [0.05, 0.1) is 6.10 Å². The van der Waals surface area contributed by atoms with Crippen LogP contribution in [0.3, 0.4) is 0 Å². The molecule has 0 aromatic carbocycles. The molecule has 2 atom stereocenters. The van der Waals surface area contributed by atoms with Gasteiger partial charge in [-0.2, -0.15) is 0 Å². The highest BCUT2D eigenvalue weighted by Gasteiger charge is 2.29. The summed E-state index contributed by atoms with van der Waals surface area (Å²) < 4.78 is 24.7. The van der Waals surface area contributed by atoms with Gasteiger partial charge in [0.15, 0.2) is 5.03 Å². The van der Waals surface area contributed by atoms with Crippen LogP contribution in [-0.4, -0.2) is 36.5 Å². The van der Waals surface area contributed by atoms with Crippen molar-refractivity contribution in [2.75, 3.05) is 6.54 Å². The fraction of sp³-hybridized carbons (Fsp3) is 0.583. The summed E-state index contributed by atoms with van der Waals surface area (Å²) in [5.74, 6) is 0. The molecule has 1 saturated heterocycles. The highest BCUT2D eigenvalue weighted by atomic mass is 32.2. The number of β-amino-alcohol motifs (C(OH)–C–C–N with tert-alkyl or cyclic N) is 1. The van der Waals surface area contributed by atoms with Gasteiger partial charge < -0.3 is 5.11 Å². The summed E-state index contributed by atoms with van der Waals surface area (Å²) in [6.07, 6.45) is 3.95. The third-order valence-electron chi connectivity index (χ3n) is 3.14. The van der Waals surface area contributed by atoms with Crippen molar-refractivity contribution in [2.45, 2.75) is 42.2 Å². The van der Waals surface area contributed by atoms with Crippen LogP contribution in [0.5, 0.6) is 0 Å². The summed E-state index contributed by atoms with van der Waals surface area (Å²) in [4.78, 5) is 3.91. The maximum absolute atomic E-state index is 12.4. The second-order valence-electron chi connectivity index (χ2n) is 4.55. The molecule has 2 rings (SSSR count). The first-order valence-electron chi connectivity index (χ1n) is 6.17. The van der Waals surface area contributed by atoms with Gasteiger partial charge in [0.1, 0.15) is 5.37 Å². The van der Waals surface area contributed by atoms with E-state index in [4.69, 9.17) is 0 Å². The zero-order valence-corrected chi connectivity index (χ0v) is 10.9. The van der Waals surface area contributed by atoms with Crippen molar-refractivity contribution < 1.29 is 13.5 Å². The van der Waals surface area contributed by atoms with Gasteiger partial charge >= 0.3 is 0 Å². The number of rotatable bonds is 2. The predicted octanol–water partition coefficient (Wildman–Crippen LogP) is 0.706. The van der Waals surface area contributed by atoms with Gasteiger partial charge in [-0.25, -0.2) is 13.4 Å². The molecule has 0 saturated carbocycles. The van der Waals surface area contributed by atoms with Crippen LogP contribution in [0.15, 0.2) is 29.4 Å². The molecule has 1 aromatic heterocycles. The number of hydrogen-bond acceptors (Lipinski definition) is 5. The van der Waals surface area contributed by atoms with E-state index in [0.29, 0.717) is 13.0 Å². The number of aliphatic hydroxyl groups excluding tert-OH is 1. The zero-order valence-electron chi connectivity index (χ0n) is 10.1. The Balaban J connectivity index is 2.18. The molecule has 1 aliphatic heterocycles. The fourth-order valence-corrected chi connectivity index (χ4v) is 3.67. The van der Waals surface area contributed by atoms with Crippen molar-refractivity contribution in [1.29, 1.82) is 0 Å². The average molecular weight is 270 g/mol. The Hall–Kier alpha value is -0.980. The van der Waals surface area contributed by atoms with E-state index in [-0.39, 0.29) is 5.03 Å². The lowest BCUT2D eigenvalue weighted by Gasteiger charge is -2.23. The Morgan fingerprint density at radius 3 is 2.78 bits per heavy atom.